The molecule has 10 heteroatoms. The summed E-state index contributed by atoms with van der Waals surface area (Å²) < 4.78 is 25.1. The van der Waals surface area contributed by atoms with Gasteiger partial charge in [0.25, 0.3) is 0 Å². The highest BCUT2D eigenvalue weighted by Gasteiger charge is 2.32. The molecule has 0 aromatic heterocycles. The molecule has 0 rings (SSSR count). The second-order valence-corrected chi connectivity index (χ2v) is 19.0. The lowest BCUT2D eigenvalue weighted by Gasteiger charge is -2.32. The molecule has 0 aromatic carbocycles. The number of nitrogens with zero attached hydrogens (tertiary/aromatic N) is 1. The van der Waals surface area contributed by atoms with Gasteiger partial charge in [-0.25, -0.2) is 0 Å². The number of amides is 2. The Morgan fingerprint density at radius 2 is 1.31 bits per heavy atom. The van der Waals surface area contributed by atoms with Crippen molar-refractivity contribution in [3.05, 3.63) is 0 Å². The Labute approximate surface area is 245 Å². The van der Waals surface area contributed by atoms with Crippen LogP contribution in [0.1, 0.15) is 94.4 Å². The van der Waals surface area contributed by atoms with E-state index in [1.807, 2.05) is 6.92 Å². The van der Waals surface area contributed by atoms with Crippen LogP contribution >= 0.6 is 20.2 Å². The number of quaternary nitrogens is 1. The van der Waals surface area contributed by atoms with E-state index < -0.39 is 18.4 Å². The summed E-state index contributed by atoms with van der Waals surface area (Å²) in [7, 11) is 4.17. The highest BCUT2D eigenvalue weighted by molar-refractivity contribution is 7.81. The molecule has 0 aliphatic rings. The van der Waals surface area contributed by atoms with E-state index >= 15 is 0 Å². The van der Waals surface area contributed by atoms with Crippen LogP contribution in [0.2, 0.25) is 0 Å². The maximum atomic E-state index is 13.4. The lowest BCUT2D eigenvalue weighted by Crippen LogP contribution is -2.43. The highest BCUT2D eigenvalue weighted by atomic mass is 32.1. The van der Waals surface area contributed by atoms with E-state index in [9.17, 15) is 14.2 Å². The molecule has 0 aromatic rings. The van der Waals surface area contributed by atoms with Gasteiger partial charge in [-0.3, -0.25) is 14.2 Å². The molecule has 0 radical (unpaired) electrons. The van der Waals surface area contributed by atoms with E-state index in [1.54, 1.807) is 0 Å². The van der Waals surface area contributed by atoms with Crippen molar-refractivity contribution in [2.75, 3.05) is 54.0 Å². The Balaban J connectivity index is 5.42. The fourth-order valence-corrected chi connectivity index (χ4v) is 7.49. The largest absolute Gasteiger partial charge is 0.353 e. The van der Waals surface area contributed by atoms with Gasteiger partial charge in [0.2, 0.25) is 11.8 Å². The third kappa shape index (κ3) is 20.9. The van der Waals surface area contributed by atoms with E-state index in [0.29, 0.717) is 12.8 Å². The van der Waals surface area contributed by atoms with Crippen molar-refractivity contribution in [1.82, 2.24) is 10.6 Å². The van der Waals surface area contributed by atoms with Gasteiger partial charge in [0.05, 0.1) is 33.8 Å². The predicted octanol–water partition coefficient (Wildman–Crippen LogP) is 5.91. The lowest BCUT2D eigenvalue weighted by atomic mass is 9.74. The van der Waals surface area contributed by atoms with Crippen LogP contribution in [0.25, 0.3) is 0 Å². The summed E-state index contributed by atoms with van der Waals surface area (Å²) in [6.45, 7) is 20.0. The van der Waals surface area contributed by atoms with Gasteiger partial charge in [0.15, 0.2) is 0 Å². The number of carbonyl (C=O) groups is 2. The van der Waals surface area contributed by atoms with Crippen molar-refractivity contribution >= 4 is 32.0 Å². The third-order valence-corrected chi connectivity index (χ3v) is 8.36. The molecule has 232 valence electrons. The molecule has 3 atom stereocenters. The van der Waals surface area contributed by atoms with Gasteiger partial charge in [-0.2, -0.15) is 12.6 Å². The number of rotatable bonds is 17. The van der Waals surface area contributed by atoms with Crippen molar-refractivity contribution in [3.63, 3.8) is 0 Å². The first-order valence-electron chi connectivity index (χ1n) is 14.1. The molecule has 0 saturated carbocycles. The zero-order valence-corrected chi connectivity index (χ0v) is 29.1. The zero-order chi connectivity index (χ0) is 30.9. The predicted molar refractivity (Wildman–Crippen MR) is 166 cm³/mol. The lowest BCUT2D eigenvalue weighted by molar-refractivity contribution is -0.870. The highest BCUT2D eigenvalue weighted by Crippen LogP contribution is 2.49. The normalized spacial score (nSPS) is 17.2. The quantitative estimate of drug-likeness (QED) is 0.111. The first kappa shape index (κ1) is 38.4. The first-order valence-corrected chi connectivity index (χ1v) is 16.3. The maximum absolute atomic E-state index is 13.4. The minimum Gasteiger partial charge on any atom is -0.353 e. The summed E-state index contributed by atoms with van der Waals surface area (Å²) in [5.74, 6) is -0.269. The Morgan fingerprint density at radius 1 is 0.846 bits per heavy atom. The number of hydrogen-bond donors (Lipinski definition) is 3. The molecule has 8 nitrogen and oxygen atoms in total. The molecular formula is C29H61N3O5PS+. The SMILES string of the molecule is COP(=O)(CCC[N+](C)(C)C)O[C@@H](CNC(=O)CC(C)(C)CC(C)(C)C)CNC(=O)C[C@](C)(S)CC(C)(C)C. The summed E-state index contributed by atoms with van der Waals surface area (Å²) in [5.41, 5.74) is -0.0422. The average Bonchev–Trinajstić information content (AvgIpc) is 2.64. The number of hydrogen-bond acceptors (Lipinski definition) is 6. The van der Waals surface area contributed by atoms with E-state index in [1.165, 1.54) is 7.11 Å². The van der Waals surface area contributed by atoms with Crippen molar-refractivity contribution in [2.24, 2.45) is 16.2 Å². The number of nitrogens with one attached hydrogen (secondary N) is 2. The van der Waals surface area contributed by atoms with Crippen LogP contribution < -0.4 is 10.6 Å². The number of carbonyl (C=O) groups excluding carboxylic acids is 2. The maximum Gasteiger partial charge on any atom is 0.331 e. The summed E-state index contributed by atoms with van der Waals surface area (Å²) in [4.78, 5) is 25.7. The molecule has 0 fully saturated rings. The molecule has 2 amide bonds. The molecule has 2 N–H and O–H groups in total. The Morgan fingerprint density at radius 3 is 1.72 bits per heavy atom. The molecule has 0 saturated heterocycles. The Hall–Kier alpha value is -0.600. The first-order chi connectivity index (χ1) is 17.3. The van der Waals surface area contributed by atoms with Crippen molar-refractivity contribution < 1.29 is 27.7 Å². The minimum atomic E-state index is -3.43. The van der Waals surface area contributed by atoms with Crippen LogP contribution in [-0.4, -0.2) is 81.2 Å². The summed E-state index contributed by atoms with van der Waals surface area (Å²) in [6.07, 6.45) is 2.47. The fourth-order valence-electron chi connectivity index (χ4n) is 5.36. The van der Waals surface area contributed by atoms with Gasteiger partial charge >= 0.3 is 7.60 Å². The standard InChI is InChI=1S/C29H60N3O5PS/c1-26(2,3)21-28(7,8)17-24(33)30-19-23(37-38(35,36-13)16-14-15-32(10,11)12)20-31-25(34)18-29(9,39)22-27(4,5)6/h23H,14-22H2,1-13H3,(H2-,30,31,33,34,39)/p+1/t23-,29-,38?/m0/s1. The molecular weight excluding hydrogens is 533 g/mol. The van der Waals surface area contributed by atoms with Crippen molar-refractivity contribution in [1.29, 1.82) is 0 Å². The van der Waals surface area contributed by atoms with Gasteiger partial charge in [-0.05, 0) is 29.1 Å². The van der Waals surface area contributed by atoms with E-state index in [4.69, 9.17) is 21.7 Å². The van der Waals surface area contributed by atoms with Crippen molar-refractivity contribution in [3.8, 4) is 0 Å². The Kier molecular flexibility index (Phi) is 14.8. The molecule has 0 bridgehead atoms. The molecule has 1 unspecified atom stereocenters. The fraction of sp³-hybridized carbons (Fsp3) is 0.931. The molecule has 39 heavy (non-hydrogen) atoms. The van der Waals surface area contributed by atoms with Crippen LogP contribution in [0.3, 0.4) is 0 Å². The summed E-state index contributed by atoms with van der Waals surface area (Å²) in [5, 5.41) is 5.86. The van der Waals surface area contributed by atoms with Gasteiger partial charge in [0.1, 0.15) is 6.10 Å². The zero-order valence-electron chi connectivity index (χ0n) is 27.3. The third-order valence-electron chi connectivity index (χ3n) is 6.00. The van der Waals surface area contributed by atoms with Crippen LogP contribution in [0.4, 0.5) is 0 Å². The van der Waals surface area contributed by atoms with Gasteiger partial charge in [-0.15, -0.1) is 0 Å². The molecule has 0 aliphatic heterocycles. The van der Waals surface area contributed by atoms with Crippen LogP contribution in [0.5, 0.6) is 0 Å². The summed E-state index contributed by atoms with van der Waals surface area (Å²) in [6, 6.07) is 0. The van der Waals surface area contributed by atoms with Gasteiger partial charge < -0.3 is 24.2 Å². The smallest absolute Gasteiger partial charge is 0.331 e. The number of thiol groups is 1. The second kappa shape index (κ2) is 15.0. The summed E-state index contributed by atoms with van der Waals surface area (Å²) >= 11 is 4.73. The minimum absolute atomic E-state index is 0.0321. The van der Waals surface area contributed by atoms with Gasteiger partial charge in [0, 0.05) is 44.2 Å². The molecule has 0 heterocycles. The van der Waals surface area contributed by atoms with E-state index in [-0.39, 0.29) is 53.7 Å². The molecule has 0 aliphatic carbocycles. The monoisotopic (exact) mass is 594 g/mol. The topological polar surface area (TPSA) is 93.7 Å². The van der Waals surface area contributed by atoms with Crippen LogP contribution in [0, 0.1) is 16.2 Å². The van der Waals surface area contributed by atoms with E-state index in [0.717, 1.165) is 23.9 Å². The molecule has 0 spiro atoms. The van der Waals surface area contributed by atoms with Crippen LogP contribution in [-0.2, 0) is 23.2 Å². The second-order valence-electron chi connectivity index (χ2n) is 15.7. The Bertz CT molecular complexity index is 780. The van der Waals surface area contributed by atoms with Crippen LogP contribution in [0.15, 0.2) is 0 Å². The van der Waals surface area contributed by atoms with Crippen molar-refractivity contribution in [2.45, 2.75) is 105 Å². The van der Waals surface area contributed by atoms with E-state index in [2.05, 4.69) is 87.2 Å². The van der Waals surface area contributed by atoms with Gasteiger partial charge in [-0.1, -0.05) is 62.3 Å². The average molecular weight is 595 g/mol.